The highest BCUT2D eigenvalue weighted by Crippen LogP contribution is 2.26. The van der Waals surface area contributed by atoms with Gasteiger partial charge in [-0.05, 0) is 47.0 Å². The van der Waals surface area contributed by atoms with Crippen LogP contribution in [0, 0.1) is 17.2 Å². The number of amides is 1. The van der Waals surface area contributed by atoms with Gasteiger partial charge in [0.25, 0.3) is 5.91 Å². The number of phenols is 1. The molecule has 0 aliphatic carbocycles. The number of carbonyl (C=O) groups is 1. The Morgan fingerprint density at radius 2 is 2.11 bits per heavy atom. The van der Waals surface area contributed by atoms with Gasteiger partial charge >= 0.3 is 0 Å². The SMILES string of the molecule is N#CC1CCN(C(=O)c2ccc(Br)c(O)c2)CC1. The summed E-state index contributed by atoms with van der Waals surface area (Å²) >= 11 is 3.18. The molecule has 1 aliphatic heterocycles. The highest BCUT2D eigenvalue weighted by molar-refractivity contribution is 9.10. The highest BCUT2D eigenvalue weighted by atomic mass is 79.9. The first-order valence-corrected chi connectivity index (χ1v) is 6.58. The van der Waals surface area contributed by atoms with E-state index in [4.69, 9.17) is 5.26 Å². The Bertz CT molecular complexity index is 502. The number of nitriles is 1. The molecule has 0 unspecified atom stereocenters. The van der Waals surface area contributed by atoms with Gasteiger partial charge in [-0.1, -0.05) is 0 Å². The molecule has 1 N–H and O–H groups in total. The van der Waals surface area contributed by atoms with Gasteiger partial charge in [0.05, 0.1) is 10.5 Å². The second-order valence-electron chi connectivity index (χ2n) is 4.36. The summed E-state index contributed by atoms with van der Waals surface area (Å²) in [4.78, 5) is 13.9. The molecule has 1 aromatic rings. The van der Waals surface area contributed by atoms with E-state index in [2.05, 4.69) is 22.0 Å². The Balaban J connectivity index is 2.08. The summed E-state index contributed by atoms with van der Waals surface area (Å²) < 4.78 is 0.572. The molecule has 94 valence electrons. The van der Waals surface area contributed by atoms with Gasteiger partial charge in [0.2, 0.25) is 0 Å². The highest BCUT2D eigenvalue weighted by Gasteiger charge is 2.23. The van der Waals surface area contributed by atoms with Crippen molar-refractivity contribution in [3.05, 3.63) is 28.2 Å². The molecule has 18 heavy (non-hydrogen) atoms. The summed E-state index contributed by atoms with van der Waals surface area (Å²) in [5.41, 5.74) is 0.478. The molecule has 0 atom stereocenters. The molecule has 1 aliphatic rings. The first-order chi connectivity index (χ1) is 8.61. The van der Waals surface area contributed by atoms with E-state index in [-0.39, 0.29) is 17.6 Å². The number of halogens is 1. The van der Waals surface area contributed by atoms with Crippen LogP contribution >= 0.6 is 15.9 Å². The van der Waals surface area contributed by atoms with E-state index in [9.17, 15) is 9.90 Å². The minimum atomic E-state index is -0.0887. The van der Waals surface area contributed by atoms with E-state index in [0.717, 1.165) is 12.8 Å². The number of phenolic OH excluding ortho intramolecular Hbond substituents is 1. The van der Waals surface area contributed by atoms with E-state index >= 15 is 0 Å². The summed E-state index contributed by atoms with van der Waals surface area (Å²) in [7, 11) is 0. The van der Waals surface area contributed by atoms with E-state index in [0.29, 0.717) is 23.1 Å². The predicted octanol–water partition coefficient (Wildman–Crippen LogP) is 2.53. The van der Waals surface area contributed by atoms with Crippen LogP contribution in [0.2, 0.25) is 0 Å². The molecule has 0 spiro atoms. The van der Waals surface area contributed by atoms with E-state index in [1.807, 2.05) is 0 Å². The number of carbonyl (C=O) groups excluding carboxylic acids is 1. The Hall–Kier alpha value is -1.54. The molecule has 1 fully saturated rings. The summed E-state index contributed by atoms with van der Waals surface area (Å²) in [5, 5.41) is 18.4. The van der Waals surface area contributed by atoms with Crippen LogP contribution in [-0.4, -0.2) is 29.0 Å². The Morgan fingerprint density at radius 1 is 1.44 bits per heavy atom. The largest absolute Gasteiger partial charge is 0.507 e. The number of benzene rings is 1. The van der Waals surface area contributed by atoms with Gasteiger partial charge < -0.3 is 10.0 Å². The minimum absolute atomic E-state index is 0.0624. The molecule has 1 amide bonds. The smallest absolute Gasteiger partial charge is 0.253 e. The molecule has 0 bridgehead atoms. The maximum absolute atomic E-state index is 12.2. The molecule has 0 radical (unpaired) electrons. The van der Waals surface area contributed by atoms with Gasteiger partial charge in [-0.2, -0.15) is 5.26 Å². The standard InChI is InChI=1S/C13H13BrN2O2/c14-11-2-1-10(7-12(11)17)13(18)16-5-3-9(8-15)4-6-16/h1-2,7,9,17H,3-6H2. The molecule has 5 heteroatoms. The first-order valence-electron chi connectivity index (χ1n) is 5.79. The lowest BCUT2D eigenvalue weighted by molar-refractivity contribution is 0.0707. The molecule has 0 aromatic heterocycles. The van der Waals surface area contributed by atoms with Gasteiger partial charge in [-0.25, -0.2) is 0 Å². The monoisotopic (exact) mass is 308 g/mol. The lowest BCUT2D eigenvalue weighted by Gasteiger charge is -2.29. The fourth-order valence-electron chi connectivity index (χ4n) is 2.04. The molecule has 2 rings (SSSR count). The Labute approximate surface area is 114 Å². The van der Waals surface area contributed by atoms with Gasteiger partial charge in [0, 0.05) is 24.6 Å². The van der Waals surface area contributed by atoms with Crippen molar-refractivity contribution >= 4 is 21.8 Å². The van der Waals surface area contributed by atoms with Crippen molar-refractivity contribution in [2.45, 2.75) is 12.8 Å². The predicted molar refractivity (Wildman–Crippen MR) is 70.0 cm³/mol. The molecule has 1 aromatic carbocycles. The number of hydrogen-bond donors (Lipinski definition) is 1. The van der Waals surface area contributed by atoms with Gasteiger partial charge in [-0.3, -0.25) is 4.79 Å². The Kier molecular flexibility index (Phi) is 3.87. The molecule has 0 saturated carbocycles. The van der Waals surface area contributed by atoms with Crippen LogP contribution in [0.15, 0.2) is 22.7 Å². The lowest BCUT2D eigenvalue weighted by Crippen LogP contribution is -2.38. The zero-order valence-corrected chi connectivity index (χ0v) is 11.4. The van der Waals surface area contributed by atoms with Crippen molar-refractivity contribution in [2.75, 3.05) is 13.1 Å². The fraction of sp³-hybridized carbons (Fsp3) is 0.385. The van der Waals surface area contributed by atoms with Crippen molar-refractivity contribution in [2.24, 2.45) is 5.92 Å². The molecule has 1 heterocycles. The number of rotatable bonds is 1. The van der Waals surface area contributed by atoms with Crippen molar-refractivity contribution in [3.63, 3.8) is 0 Å². The van der Waals surface area contributed by atoms with Crippen LogP contribution in [0.4, 0.5) is 0 Å². The molecule has 4 nitrogen and oxygen atoms in total. The fourth-order valence-corrected chi connectivity index (χ4v) is 2.29. The second-order valence-corrected chi connectivity index (χ2v) is 5.22. The van der Waals surface area contributed by atoms with Crippen LogP contribution in [0.5, 0.6) is 5.75 Å². The van der Waals surface area contributed by atoms with Gasteiger partial charge in [0.15, 0.2) is 0 Å². The quantitative estimate of drug-likeness (QED) is 0.867. The minimum Gasteiger partial charge on any atom is -0.507 e. The summed E-state index contributed by atoms with van der Waals surface area (Å²) in [6, 6.07) is 7.04. The number of aromatic hydroxyl groups is 1. The van der Waals surface area contributed by atoms with E-state index in [1.165, 1.54) is 6.07 Å². The van der Waals surface area contributed by atoms with Crippen LogP contribution in [0.1, 0.15) is 23.2 Å². The van der Waals surface area contributed by atoms with Crippen molar-refractivity contribution in [1.29, 1.82) is 5.26 Å². The van der Waals surface area contributed by atoms with Crippen molar-refractivity contribution < 1.29 is 9.90 Å². The van der Waals surface area contributed by atoms with Gasteiger partial charge in [0.1, 0.15) is 5.75 Å². The van der Waals surface area contributed by atoms with Crippen molar-refractivity contribution in [3.8, 4) is 11.8 Å². The lowest BCUT2D eigenvalue weighted by atomic mass is 9.98. The Morgan fingerprint density at radius 3 is 2.67 bits per heavy atom. The summed E-state index contributed by atoms with van der Waals surface area (Å²) in [6.07, 6.45) is 1.45. The third kappa shape index (κ3) is 2.65. The molecular weight excluding hydrogens is 296 g/mol. The summed E-state index contributed by atoms with van der Waals surface area (Å²) in [6.45, 7) is 1.21. The van der Waals surface area contributed by atoms with Crippen molar-refractivity contribution in [1.82, 2.24) is 4.90 Å². The first kappa shape index (κ1) is 12.9. The zero-order chi connectivity index (χ0) is 13.1. The second kappa shape index (κ2) is 5.40. The maximum Gasteiger partial charge on any atom is 0.253 e. The van der Waals surface area contributed by atoms with Crippen LogP contribution in [0.25, 0.3) is 0 Å². The van der Waals surface area contributed by atoms with Crippen LogP contribution in [0.3, 0.4) is 0 Å². The third-order valence-electron chi connectivity index (χ3n) is 3.16. The average molecular weight is 309 g/mol. The third-order valence-corrected chi connectivity index (χ3v) is 3.83. The van der Waals surface area contributed by atoms with Gasteiger partial charge in [-0.15, -0.1) is 0 Å². The summed E-state index contributed by atoms with van der Waals surface area (Å²) in [5.74, 6) is 0.0364. The molecular formula is C13H13BrN2O2. The normalized spacial score (nSPS) is 16.3. The average Bonchev–Trinajstić information content (AvgIpc) is 2.41. The number of nitrogens with zero attached hydrogens (tertiary/aromatic N) is 2. The van der Waals surface area contributed by atoms with E-state index in [1.54, 1.807) is 17.0 Å². The van der Waals surface area contributed by atoms with Crippen LogP contribution in [-0.2, 0) is 0 Å². The number of hydrogen-bond acceptors (Lipinski definition) is 3. The topological polar surface area (TPSA) is 64.3 Å². The maximum atomic E-state index is 12.2. The van der Waals surface area contributed by atoms with Crippen LogP contribution < -0.4 is 0 Å². The number of piperidine rings is 1. The molecule has 1 saturated heterocycles. The zero-order valence-electron chi connectivity index (χ0n) is 9.77. The van der Waals surface area contributed by atoms with E-state index < -0.39 is 0 Å². The number of likely N-dealkylation sites (tertiary alicyclic amines) is 1.